The normalized spacial score (nSPS) is 20.3. The monoisotopic (exact) mass is 453 g/mol. The predicted octanol–water partition coefficient (Wildman–Crippen LogP) is 5.83. The maximum absolute atomic E-state index is 13.6. The third-order valence-electron chi connectivity index (χ3n) is 6.37. The first kappa shape index (κ1) is 22.4. The van der Waals surface area contributed by atoms with Crippen LogP contribution < -0.4 is 14.4 Å². The van der Waals surface area contributed by atoms with Crippen molar-refractivity contribution in [3.8, 4) is 11.5 Å². The zero-order valence-electron chi connectivity index (χ0n) is 19.1. The molecule has 0 saturated heterocycles. The second kappa shape index (κ2) is 8.28. The molecular formula is C26H28ClNO4. The Morgan fingerprint density at radius 3 is 2.47 bits per heavy atom. The van der Waals surface area contributed by atoms with E-state index in [1.165, 1.54) is 0 Å². The highest BCUT2D eigenvalue weighted by molar-refractivity contribution is 6.31. The smallest absolute Gasteiger partial charge is 0.232 e. The number of amides is 1. The molecule has 5 nitrogen and oxygen atoms in total. The fraction of sp³-hybridized carbons (Fsp3) is 0.385. The van der Waals surface area contributed by atoms with Crippen LogP contribution in [0.1, 0.15) is 50.2 Å². The van der Waals surface area contributed by atoms with Crippen LogP contribution in [-0.2, 0) is 9.59 Å². The Balaban J connectivity index is 1.94. The van der Waals surface area contributed by atoms with E-state index in [0.29, 0.717) is 34.9 Å². The van der Waals surface area contributed by atoms with E-state index in [2.05, 4.69) is 13.8 Å². The molecule has 1 aliphatic carbocycles. The molecule has 0 bridgehead atoms. The number of ketones is 1. The average Bonchev–Trinajstić information content (AvgIpc) is 2.73. The van der Waals surface area contributed by atoms with E-state index in [1.54, 1.807) is 31.3 Å². The van der Waals surface area contributed by atoms with Crippen LogP contribution in [0.2, 0.25) is 5.02 Å². The SMILES string of the molecule is COc1ccc(C2CC(=O)N(c3cc(Cl)ccc3C)C3=C2C(=O)CC(C)(C)C3)c(OC)c1. The number of Topliss-reactive ketones (excluding diaryl/α,β-unsaturated/α-hetero) is 1. The summed E-state index contributed by atoms with van der Waals surface area (Å²) in [5, 5.41) is 0.556. The third kappa shape index (κ3) is 3.90. The molecule has 0 aromatic heterocycles. The molecule has 32 heavy (non-hydrogen) atoms. The van der Waals surface area contributed by atoms with Crippen LogP contribution in [0, 0.1) is 12.3 Å². The maximum Gasteiger partial charge on any atom is 0.232 e. The molecule has 1 amide bonds. The van der Waals surface area contributed by atoms with Crippen molar-refractivity contribution in [1.29, 1.82) is 0 Å². The van der Waals surface area contributed by atoms with Crippen molar-refractivity contribution < 1.29 is 19.1 Å². The number of rotatable bonds is 4. The molecule has 1 aliphatic heterocycles. The molecule has 2 aromatic rings. The number of carbonyl (C=O) groups is 2. The number of anilines is 1. The van der Waals surface area contributed by atoms with Crippen molar-refractivity contribution in [1.82, 2.24) is 0 Å². The summed E-state index contributed by atoms with van der Waals surface area (Å²) >= 11 is 6.29. The quantitative estimate of drug-likeness (QED) is 0.584. The Morgan fingerprint density at radius 2 is 1.78 bits per heavy atom. The molecule has 2 aromatic carbocycles. The van der Waals surface area contributed by atoms with Gasteiger partial charge in [-0.1, -0.05) is 37.6 Å². The molecule has 0 spiro atoms. The lowest BCUT2D eigenvalue weighted by molar-refractivity contribution is -0.121. The van der Waals surface area contributed by atoms with E-state index < -0.39 is 0 Å². The summed E-state index contributed by atoms with van der Waals surface area (Å²) in [7, 11) is 3.18. The molecule has 1 unspecified atom stereocenters. The molecule has 1 atom stereocenters. The van der Waals surface area contributed by atoms with Crippen LogP contribution in [0.15, 0.2) is 47.7 Å². The first-order valence-electron chi connectivity index (χ1n) is 10.7. The Labute approximate surface area is 194 Å². The van der Waals surface area contributed by atoms with Gasteiger partial charge >= 0.3 is 0 Å². The number of hydrogen-bond acceptors (Lipinski definition) is 4. The predicted molar refractivity (Wildman–Crippen MR) is 126 cm³/mol. The van der Waals surface area contributed by atoms with Gasteiger partial charge in [0.05, 0.1) is 19.9 Å². The summed E-state index contributed by atoms with van der Waals surface area (Å²) in [6.07, 6.45) is 1.25. The summed E-state index contributed by atoms with van der Waals surface area (Å²) in [6, 6.07) is 11.1. The molecule has 0 saturated carbocycles. The van der Waals surface area contributed by atoms with Crippen molar-refractivity contribution in [3.05, 3.63) is 63.8 Å². The number of methoxy groups -OCH3 is 2. The Hall–Kier alpha value is -2.79. The molecular weight excluding hydrogens is 426 g/mol. The molecule has 2 aliphatic rings. The first-order chi connectivity index (χ1) is 15.1. The van der Waals surface area contributed by atoms with Crippen LogP contribution in [-0.4, -0.2) is 25.9 Å². The van der Waals surface area contributed by atoms with E-state index >= 15 is 0 Å². The molecule has 1 heterocycles. The maximum atomic E-state index is 13.6. The number of allylic oxidation sites excluding steroid dienone is 2. The lowest BCUT2D eigenvalue weighted by Gasteiger charge is -2.43. The Morgan fingerprint density at radius 1 is 1.03 bits per heavy atom. The molecule has 0 N–H and O–H groups in total. The lowest BCUT2D eigenvalue weighted by atomic mass is 9.69. The molecule has 6 heteroatoms. The number of benzene rings is 2. The summed E-state index contributed by atoms with van der Waals surface area (Å²) in [5.41, 5.74) is 3.73. The minimum Gasteiger partial charge on any atom is -0.497 e. The van der Waals surface area contributed by atoms with Gasteiger partial charge in [0.1, 0.15) is 11.5 Å². The number of hydrogen-bond donors (Lipinski definition) is 0. The van der Waals surface area contributed by atoms with Crippen LogP contribution in [0.3, 0.4) is 0 Å². The molecule has 0 radical (unpaired) electrons. The van der Waals surface area contributed by atoms with Gasteiger partial charge in [-0.15, -0.1) is 0 Å². The van der Waals surface area contributed by atoms with Crippen LogP contribution in [0.4, 0.5) is 5.69 Å². The highest BCUT2D eigenvalue weighted by Crippen LogP contribution is 2.50. The standard InChI is InChI=1S/C26H28ClNO4/c1-15-6-7-16(27)10-20(15)28-21-13-26(2,3)14-22(29)25(21)19(12-24(28)30)18-9-8-17(31-4)11-23(18)32-5/h6-11,19H,12-14H2,1-5H3. The summed E-state index contributed by atoms with van der Waals surface area (Å²) in [4.78, 5) is 28.8. The van der Waals surface area contributed by atoms with Gasteiger partial charge in [0.15, 0.2) is 5.78 Å². The first-order valence-corrected chi connectivity index (χ1v) is 11.1. The van der Waals surface area contributed by atoms with E-state index in [-0.39, 0.29) is 29.4 Å². The van der Waals surface area contributed by atoms with E-state index in [0.717, 1.165) is 22.5 Å². The Kier molecular flexibility index (Phi) is 5.80. The van der Waals surface area contributed by atoms with Crippen molar-refractivity contribution in [2.75, 3.05) is 19.1 Å². The van der Waals surface area contributed by atoms with E-state index in [1.807, 2.05) is 31.2 Å². The fourth-order valence-corrected chi connectivity index (χ4v) is 5.06. The average molecular weight is 454 g/mol. The number of carbonyl (C=O) groups excluding carboxylic acids is 2. The highest BCUT2D eigenvalue weighted by Gasteiger charge is 2.45. The van der Waals surface area contributed by atoms with Gasteiger partial charge in [-0.3, -0.25) is 14.5 Å². The van der Waals surface area contributed by atoms with Crippen molar-refractivity contribution in [2.24, 2.45) is 5.41 Å². The summed E-state index contributed by atoms with van der Waals surface area (Å²) < 4.78 is 11.0. The molecule has 0 fully saturated rings. The van der Waals surface area contributed by atoms with Crippen LogP contribution in [0.5, 0.6) is 11.5 Å². The second-order valence-electron chi connectivity index (χ2n) is 9.33. The summed E-state index contributed by atoms with van der Waals surface area (Å²) in [5.74, 6) is 0.935. The highest BCUT2D eigenvalue weighted by atomic mass is 35.5. The van der Waals surface area contributed by atoms with E-state index in [4.69, 9.17) is 21.1 Å². The third-order valence-corrected chi connectivity index (χ3v) is 6.61. The fourth-order valence-electron chi connectivity index (χ4n) is 4.89. The van der Waals surface area contributed by atoms with Gasteiger partial charge in [0, 0.05) is 46.7 Å². The zero-order valence-corrected chi connectivity index (χ0v) is 19.9. The van der Waals surface area contributed by atoms with Crippen molar-refractivity contribution >= 4 is 29.0 Å². The minimum atomic E-state index is -0.363. The van der Waals surface area contributed by atoms with Crippen LogP contribution >= 0.6 is 11.6 Å². The second-order valence-corrected chi connectivity index (χ2v) is 9.76. The van der Waals surface area contributed by atoms with Gasteiger partial charge in [0.2, 0.25) is 5.91 Å². The van der Waals surface area contributed by atoms with E-state index in [9.17, 15) is 9.59 Å². The van der Waals surface area contributed by atoms with Crippen molar-refractivity contribution in [3.63, 3.8) is 0 Å². The number of nitrogens with zero attached hydrogens (tertiary/aromatic N) is 1. The van der Waals surface area contributed by atoms with Gasteiger partial charge in [-0.2, -0.15) is 0 Å². The minimum absolute atomic E-state index is 0.0533. The largest absolute Gasteiger partial charge is 0.497 e. The number of halogens is 1. The summed E-state index contributed by atoms with van der Waals surface area (Å²) in [6.45, 7) is 6.09. The van der Waals surface area contributed by atoms with Crippen molar-refractivity contribution in [2.45, 2.75) is 46.0 Å². The molecule has 4 rings (SSSR count). The topological polar surface area (TPSA) is 55.8 Å². The lowest BCUT2D eigenvalue weighted by Crippen LogP contribution is -2.44. The van der Waals surface area contributed by atoms with Gasteiger partial charge in [0.25, 0.3) is 0 Å². The molecule has 168 valence electrons. The number of ether oxygens (including phenoxy) is 2. The van der Waals surface area contributed by atoms with Gasteiger partial charge < -0.3 is 9.47 Å². The zero-order chi connectivity index (χ0) is 23.2. The van der Waals surface area contributed by atoms with Gasteiger partial charge in [-0.05, 0) is 42.5 Å². The van der Waals surface area contributed by atoms with Gasteiger partial charge in [-0.25, -0.2) is 0 Å². The Bertz CT molecular complexity index is 1130. The number of aryl methyl sites for hydroxylation is 1. The van der Waals surface area contributed by atoms with Crippen LogP contribution in [0.25, 0.3) is 0 Å².